The van der Waals surface area contributed by atoms with E-state index in [1.807, 2.05) is 0 Å². The standard InChI is InChI=1S/C19H30O5/c1-22-18(21)6-4-5-13-9-14-11-17(16(12-20)15(14)10-13)24-19-7-2-3-8-23-19/h12-17,19H,2-11H2,1H3/t13?,14?,15-,16+,17+,19?/m0/s1. The van der Waals surface area contributed by atoms with Crippen molar-refractivity contribution >= 4 is 12.3 Å². The zero-order valence-electron chi connectivity index (χ0n) is 14.7. The average Bonchev–Trinajstić information content (AvgIpc) is 3.12. The predicted octanol–water partition coefficient (Wildman–Crippen LogP) is 3.10. The Morgan fingerprint density at radius 2 is 2.12 bits per heavy atom. The van der Waals surface area contributed by atoms with Crippen LogP contribution in [0, 0.1) is 23.7 Å². The molecule has 1 saturated heterocycles. The number of fused-ring (bicyclic) bond motifs is 1. The van der Waals surface area contributed by atoms with Crippen LogP contribution in [0.5, 0.6) is 0 Å². The Kier molecular flexibility index (Phi) is 6.28. The molecule has 3 fully saturated rings. The van der Waals surface area contributed by atoms with Crippen LogP contribution in [-0.4, -0.2) is 38.4 Å². The number of aldehydes is 1. The second-order valence-corrected chi connectivity index (χ2v) is 7.65. The molecule has 2 saturated carbocycles. The van der Waals surface area contributed by atoms with E-state index < -0.39 is 0 Å². The molecular weight excluding hydrogens is 308 g/mol. The minimum atomic E-state index is -0.125. The van der Waals surface area contributed by atoms with Gasteiger partial charge in [0.15, 0.2) is 6.29 Å². The second-order valence-electron chi connectivity index (χ2n) is 7.65. The highest BCUT2D eigenvalue weighted by Gasteiger charge is 2.49. The SMILES string of the molecule is COC(=O)CCCC1CC2C[C@@H](OC3CCCCO3)[C@H](C=O)[C@H]2C1. The molecule has 0 aromatic rings. The summed E-state index contributed by atoms with van der Waals surface area (Å²) in [5.74, 6) is 1.58. The zero-order chi connectivity index (χ0) is 16.9. The van der Waals surface area contributed by atoms with Gasteiger partial charge in [-0.25, -0.2) is 0 Å². The third kappa shape index (κ3) is 4.17. The summed E-state index contributed by atoms with van der Waals surface area (Å²) < 4.78 is 16.5. The lowest BCUT2D eigenvalue weighted by Crippen LogP contribution is -2.32. The average molecular weight is 338 g/mol. The van der Waals surface area contributed by atoms with Gasteiger partial charge in [0.25, 0.3) is 0 Å². The first-order valence-electron chi connectivity index (χ1n) is 9.50. The van der Waals surface area contributed by atoms with Crippen molar-refractivity contribution in [2.75, 3.05) is 13.7 Å². The molecule has 0 aromatic carbocycles. The van der Waals surface area contributed by atoms with Gasteiger partial charge in [-0.05, 0) is 69.1 Å². The Morgan fingerprint density at radius 3 is 2.83 bits per heavy atom. The van der Waals surface area contributed by atoms with E-state index in [-0.39, 0.29) is 24.3 Å². The first kappa shape index (κ1) is 17.9. The fraction of sp³-hybridized carbons (Fsp3) is 0.895. The van der Waals surface area contributed by atoms with Crippen LogP contribution in [0.1, 0.15) is 57.8 Å². The minimum absolute atomic E-state index is 0.0196. The quantitative estimate of drug-likeness (QED) is 0.527. The van der Waals surface area contributed by atoms with Gasteiger partial charge in [0, 0.05) is 18.9 Å². The molecule has 5 heteroatoms. The van der Waals surface area contributed by atoms with Crippen molar-refractivity contribution in [3.8, 4) is 0 Å². The Morgan fingerprint density at radius 1 is 1.25 bits per heavy atom. The van der Waals surface area contributed by atoms with Crippen LogP contribution in [0.3, 0.4) is 0 Å². The van der Waals surface area contributed by atoms with Crippen LogP contribution in [0.25, 0.3) is 0 Å². The van der Waals surface area contributed by atoms with Crippen molar-refractivity contribution in [2.45, 2.75) is 70.2 Å². The molecule has 2 aliphatic carbocycles. The molecule has 6 atom stereocenters. The fourth-order valence-corrected chi connectivity index (χ4v) is 4.97. The highest BCUT2D eigenvalue weighted by Crippen LogP contribution is 2.51. The normalized spacial score (nSPS) is 38.7. The molecule has 1 aliphatic heterocycles. The highest BCUT2D eigenvalue weighted by atomic mass is 16.7. The molecule has 3 unspecified atom stereocenters. The lowest BCUT2D eigenvalue weighted by molar-refractivity contribution is -0.195. The van der Waals surface area contributed by atoms with Gasteiger partial charge >= 0.3 is 5.97 Å². The molecule has 136 valence electrons. The van der Waals surface area contributed by atoms with Crippen LogP contribution in [0.15, 0.2) is 0 Å². The lowest BCUT2D eigenvalue weighted by atomic mass is 9.90. The van der Waals surface area contributed by atoms with Crippen molar-refractivity contribution in [2.24, 2.45) is 23.7 Å². The van der Waals surface area contributed by atoms with Gasteiger partial charge in [-0.1, -0.05) is 0 Å². The zero-order valence-corrected chi connectivity index (χ0v) is 14.7. The molecule has 0 amide bonds. The number of carbonyl (C=O) groups excluding carboxylic acids is 2. The van der Waals surface area contributed by atoms with Crippen molar-refractivity contribution < 1.29 is 23.8 Å². The van der Waals surface area contributed by atoms with E-state index in [1.165, 1.54) is 13.5 Å². The molecular formula is C19H30O5. The number of hydrogen-bond donors (Lipinski definition) is 0. The third-order valence-electron chi connectivity index (χ3n) is 6.15. The number of ether oxygens (including phenoxy) is 3. The number of hydrogen-bond acceptors (Lipinski definition) is 5. The van der Waals surface area contributed by atoms with E-state index in [0.717, 1.165) is 57.8 Å². The monoisotopic (exact) mass is 338 g/mol. The predicted molar refractivity (Wildman–Crippen MR) is 88.2 cm³/mol. The van der Waals surface area contributed by atoms with E-state index in [0.29, 0.717) is 24.2 Å². The summed E-state index contributed by atoms with van der Waals surface area (Å²) in [6.07, 6.45) is 9.97. The van der Waals surface area contributed by atoms with Crippen LogP contribution in [0.2, 0.25) is 0 Å². The van der Waals surface area contributed by atoms with Crippen molar-refractivity contribution in [1.29, 1.82) is 0 Å². The maximum Gasteiger partial charge on any atom is 0.305 e. The van der Waals surface area contributed by atoms with Crippen LogP contribution >= 0.6 is 0 Å². The Bertz CT molecular complexity index is 431. The summed E-state index contributed by atoms with van der Waals surface area (Å²) in [4.78, 5) is 22.9. The maximum atomic E-state index is 11.7. The molecule has 0 aromatic heterocycles. The van der Waals surface area contributed by atoms with Crippen LogP contribution in [-0.2, 0) is 23.8 Å². The molecule has 0 N–H and O–H groups in total. The summed E-state index contributed by atoms with van der Waals surface area (Å²) in [7, 11) is 1.44. The molecule has 5 nitrogen and oxygen atoms in total. The summed E-state index contributed by atoms with van der Waals surface area (Å²) in [5.41, 5.74) is 0. The van der Waals surface area contributed by atoms with Crippen molar-refractivity contribution in [1.82, 2.24) is 0 Å². The molecule has 0 radical (unpaired) electrons. The first-order chi connectivity index (χ1) is 11.7. The molecule has 0 bridgehead atoms. The summed E-state index contributed by atoms with van der Waals surface area (Å²) >= 11 is 0. The molecule has 0 spiro atoms. The first-order valence-corrected chi connectivity index (χ1v) is 9.50. The van der Waals surface area contributed by atoms with Crippen molar-refractivity contribution in [3.05, 3.63) is 0 Å². The van der Waals surface area contributed by atoms with Gasteiger partial charge in [-0.15, -0.1) is 0 Å². The van der Waals surface area contributed by atoms with E-state index in [1.54, 1.807) is 0 Å². The van der Waals surface area contributed by atoms with Gasteiger partial charge < -0.3 is 19.0 Å². The Hall–Kier alpha value is -0.940. The van der Waals surface area contributed by atoms with Crippen molar-refractivity contribution in [3.63, 3.8) is 0 Å². The third-order valence-corrected chi connectivity index (χ3v) is 6.15. The number of esters is 1. The molecule has 24 heavy (non-hydrogen) atoms. The smallest absolute Gasteiger partial charge is 0.305 e. The second kappa shape index (κ2) is 8.43. The van der Waals surface area contributed by atoms with E-state index in [4.69, 9.17) is 14.2 Å². The van der Waals surface area contributed by atoms with Gasteiger partial charge in [0.05, 0.1) is 13.2 Å². The largest absolute Gasteiger partial charge is 0.469 e. The Labute approximate surface area is 144 Å². The maximum absolute atomic E-state index is 11.7. The van der Waals surface area contributed by atoms with Gasteiger partial charge in [0.2, 0.25) is 0 Å². The lowest BCUT2D eigenvalue weighted by Gasteiger charge is -2.28. The van der Waals surface area contributed by atoms with Crippen LogP contribution in [0.4, 0.5) is 0 Å². The summed E-state index contributed by atoms with van der Waals surface area (Å²) in [5, 5.41) is 0. The summed E-state index contributed by atoms with van der Waals surface area (Å²) in [6, 6.07) is 0. The Balaban J connectivity index is 1.46. The molecule has 3 aliphatic rings. The van der Waals surface area contributed by atoms with E-state index in [2.05, 4.69) is 0 Å². The van der Waals surface area contributed by atoms with Crippen LogP contribution < -0.4 is 0 Å². The topological polar surface area (TPSA) is 61.8 Å². The number of carbonyl (C=O) groups is 2. The van der Waals surface area contributed by atoms with Gasteiger partial charge in [-0.2, -0.15) is 0 Å². The fourth-order valence-electron chi connectivity index (χ4n) is 4.97. The number of methoxy groups -OCH3 is 1. The highest BCUT2D eigenvalue weighted by molar-refractivity contribution is 5.68. The summed E-state index contributed by atoms with van der Waals surface area (Å²) in [6.45, 7) is 0.776. The molecule has 3 rings (SSSR count). The minimum Gasteiger partial charge on any atom is -0.469 e. The van der Waals surface area contributed by atoms with E-state index in [9.17, 15) is 9.59 Å². The van der Waals surface area contributed by atoms with E-state index >= 15 is 0 Å². The molecule has 1 heterocycles. The van der Waals surface area contributed by atoms with Gasteiger partial charge in [-0.3, -0.25) is 4.79 Å². The van der Waals surface area contributed by atoms with Gasteiger partial charge in [0.1, 0.15) is 6.29 Å². The number of rotatable bonds is 7.